The van der Waals surface area contributed by atoms with Gasteiger partial charge in [-0.15, -0.1) is 0 Å². The lowest BCUT2D eigenvalue weighted by Gasteiger charge is -2.21. The van der Waals surface area contributed by atoms with Gasteiger partial charge in [-0.3, -0.25) is 0 Å². The molecule has 0 radical (unpaired) electrons. The molecule has 0 bridgehead atoms. The summed E-state index contributed by atoms with van der Waals surface area (Å²) < 4.78 is 0. The van der Waals surface area contributed by atoms with E-state index in [0.29, 0.717) is 0 Å². The Labute approximate surface area is 202 Å². The lowest BCUT2D eigenvalue weighted by Crippen LogP contribution is -2.28. The van der Waals surface area contributed by atoms with Crippen molar-refractivity contribution >= 4 is 23.3 Å². The molecule has 0 spiro atoms. The van der Waals surface area contributed by atoms with Crippen molar-refractivity contribution in [3.05, 3.63) is 72.8 Å². The molecule has 3 aromatic carbocycles. The van der Waals surface area contributed by atoms with Crippen LogP contribution in [0.2, 0.25) is 0 Å². The monoisotopic (exact) mass is 452 g/mol. The minimum absolute atomic E-state index is 0.907. The lowest BCUT2D eigenvalue weighted by atomic mass is 9.96. The standard InChI is InChI=1S/C28H32N6/c1-31-17-18-32(2)27(31)29-25-23(21-11-7-5-8-12-21)15-16-24(22-13-9-6-10-14-22)26(25)30-28-33(3)19-20-34(28)4/h5-16H,17-20H2,1-4H3. The molecule has 2 aliphatic rings. The van der Waals surface area contributed by atoms with Crippen LogP contribution in [0.25, 0.3) is 22.3 Å². The molecule has 0 amide bonds. The molecule has 3 aromatic rings. The van der Waals surface area contributed by atoms with Gasteiger partial charge in [0.1, 0.15) is 11.4 Å². The van der Waals surface area contributed by atoms with Gasteiger partial charge in [0, 0.05) is 65.5 Å². The number of guanidine groups is 2. The number of aliphatic imine (C=N–C) groups is 2. The molecule has 6 heteroatoms. The maximum absolute atomic E-state index is 5.30. The molecule has 6 nitrogen and oxygen atoms in total. The third-order valence-corrected chi connectivity index (χ3v) is 6.65. The molecule has 34 heavy (non-hydrogen) atoms. The van der Waals surface area contributed by atoms with Crippen LogP contribution in [0.5, 0.6) is 0 Å². The molecule has 5 rings (SSSR count). The predicted molar refractivity (Wildman–Crippen MR) is 142 cm³/mol. The molecule has 0 N–H and O–H groups in total. The van der Waals surface area contributed by atoms with E-state index in [9.17, 15) is 0 Å². The summed E-state index contributed by atoms with van der Waals surface area (Å²) in [5.74, 6) is 1.94. The Balaban J connectivity index is 1.83. The highest BCUT2D eigenvalue weighted by Gasteiger charge is 2.25. The van der Waals surface area contributed by atoms with Gasteiger partial charge in [0.2, 0.25) is 11.9 Å². The molecular formula is C28H32N6. The Morgan fingerprint density at radius 2 is 0.794 bits per heavy atom. The fourth-order valence-corrected chi connectivity index (χ4v) is 4.63. The van der Waals surface area contributed by atoms with Crippen LogP contribution in [-0.4, -0.2) is 85.9 Å². The molecular weight excluding hydrogens is 420 g/mol. The van der Waals surface area contributed by atoms with E-state index < -0.39 is 0 Å². The first kappa shape index (κ1) is 22.0. The minimum Gasteiger partial charge on any atom is -0.344 e. The predicted octanol–water partition coefficient (Wildman–Crippen LogP) is 4.75. The SMILES string of the molecule is CN1CCN(C)C1=Nc1c(-c2ccccc2)ccc(-c2ccccc2)c1N=C1N(C)CCN1C. The van der Waals surface area contributed by atoms with Gasteiger partial charge in [-0.05, 0) is 11.1 Å². The number of hydrogen-bond acceptors (Lipinski definition) is 2. The van der Waals surface area contributed by atoms with Crippen molar-refractivity contribution in [3.8, 4) is 22.3 Å². The summed E-state index contributed by atoms with van der Waals surface area (Å²) in [5, 5.41) is 0. The van der Waals surface area contributed by atoms with Crippen LogP contribution in [-0.2, 0) is 0 Å². The van der Waals surface area contributed by atoms with Crippen LogP contribution in [0.3, 0.4) is 0 Å². The summed E-state index contributed by atoms with van der Waals surface area (Å²) in [4.78, 5) is 19.5. The second-order valence-electron chi connectivity index (χ2n) is 9.10. The zero-order valence-corrected chi connectivity index (χ0v) is 20.4. The van der Waals surface area contributed by atoms with Crippen LogP contribution in [0.15, 0.2) is 82.8 Å². The van der Waals surface area contributed by atoms with Gasteiger partial charge >= 0.3 is 0 Å². The van der Waals surface area contributed by atoms with E-state index >= 15 is 0 Å². The largest absolute Gasteiger partial charge is 0.344 e. The van der Waals surface area contributed by atoms with E-state index in [1.165, 1.54) is 0 Å². The average molecular weight is 453 g/mol. The van der Waals surface area contributed by atoms with Crippen molar-refractivity contribution in [1.29, 1.82) is 0 Å². The third-order valence-electron chi connectivity index (χ3n) is 6.65. The summed E-state index contributed by atoms with van der Waals surface area (Å²) in [7, 11) is 8.43. The topological polar surface area (TPSA) is 37.7 Å². The Morgan fingerprint density at radius 1 is 0.471 bits per heavy atom. The van der Waals surface area contributed by atoms with E-state index in [2.05, 4.69) is 121 Å². The summed E-state index contributed by atoms with van der Waals surface area (Å²) in [6.07, 6.45) is 0. The maximum atomic E-state index is 5.30. The van der Waals surface area contributed by atoms with Crippen molar-refractivity contribution in [2.45, 2.75) is 0 Å². The second kappa shape index (κ2) is 9.21. The van der Waals surface area contributed by atoms with Gasteiger partial charge < -0.3 is 19.6 Å². The minimum atomic E-state index is 0.907. The van der Waals surface area contributed by atoms with Gasteiger partial charge in [-0.2, -0.15) is 0 Å². The van der Waals surface area contributed by atoms with Gasteiger partial charge in [-0.1, -0.05) is 72.8 Å². The highest BCUT2D eigenvalue weighted by molar-refractivity contribution is 5.99. The van der Waals surface area contributed by atoms with E-state index in [0.717, 1.165) is 71.7 Å². The molecule has 0 unspecified atom stereocenters. The van der Waals surface area contributed by atoms with E-state index in [1.807, 2.05) is 0 Å². The third kappa shape index (κ3) is 4.12. The van der Waals surface area contributed by atoms with Crippen LogP contribution < -0.4 is 0 Å². The quantitative estimate of drug-likeness (QED) is 0.573. The smallest absolute Gasteiger partial charge is 0.201 e. The molecule has 2 heterocycles. The Kier molecular flexibility index (Phi) is 5.97. The fourth-order valence-electron chi connectivity index (χ4n) is 4.63. The number of benzene rings is 3. The number of hydrogen-bond donors (Lipinski definition) is 0. The normalized spacial score (nSPS) is 16.0. The highest BCUT2D eigenvalue weighted by atomic mass is 15.4. The molecule has 174 valence electrons. The Morgan fingerprint density at radius 3 is 1.12 bits per heavy atom. The summed E-state index contributed by atoms with van der Waals surface area (Å²) >= 11 is 0. The first-order chi connectivity index (χ1) is 16.5. The highest BCUT2D eigenvalue weighted by Crippen LogP contribution is 2.45. The molecule has 0 saturated carbocycles. The van der Waals surface area contributed by atoms with Gasteiger partial charge in [0.25, 0.3) is 0 Å². The molecule has 2 saturated heterocycles. The van der Waals surface area contributed by atoms with E-state index in [-0.39, 0.29) is 0 Å². The van der Waals surface area contributed by atoms with Crippen LogP contribution in [0.4, 0.5) is 11.4 Å². The zero-order chi connectivity index (χ0) is 23.7. The van der Waals surface area contributed by atoms with E-state index in [4.69, 9.17) is 9.98 Å². The van der Waals surface area contributed by atoms with Crippen molar-refractivity contribution in [2.75, 3.05) is 54.4 Å². The molecule has 0 atom stereocenters. The van der Waals surface area contributed by atoms with Crippen LogP contribution in [0.1, 0.15) is 0 Å². The van der Waals surface area contributed by atoms with Gasteiger partial charge in [0.05, 0.1) is 0 Å². The van der Waals surface area contributed by atoms with Crippen molar-refractivity contribution in [3.63, 3.8) is 0 Å². The molecule has 0 aliphatic carbocycles. The van der Waals surface area contributed by atoms with Crippen LogP contribution >= 0.6 is 0 Å². The molecule has 2 fully saturated rings. The Hall–Kier alpha value is -3.80. The van der Waals surface area contributed by atoms with Gasteiger partial charge in [0.15, 0.2) is 0 Å². The Bertz CT molecular complexity index is 1100. The number of nitrogens with zero attached hydrogens (tertiary/aromatic N) is 6. The average Bonchev–Trinajstić information content (AvgIpc) is 3.36. The van der Waals surface area contributed by atoms with Crippen molar-refractivity contribution in [2.24, 2.45) is 9.98 Å². The van der Waals surface area contributed by atoms with Crippen LogP contribution in [0, 0.1) is 0 Å². The fraction of sp³-hybridized carbons (Fsp3) is 0.286. The number of rotatable bonds is 4. The maximum Gasteiger partial charge on any atom is 0.201 e. The number of likely N-dealkylation sites (N-methyl/N-ethyl adjacent to an activating group) is 4. The second-order valence-corrected chi connectivity index (χ2v) is 9.10. The zero-order valence-electron chi connectivity index (χ0n) is 20.4. The molecule has 2 aliphatic heterocycles. The first-order valence-corrected chi connectivity index (χ1v) is 11.8. The lowest BCUT2D eigenvalue weighted by molar-refractivity contribution is 0.553. The van der Waals surface area contributed by atoms with E-state index in [1.54, 1.807) is 0 Å². The summed E-state index contributed by atoms with van der Waals surface area (Å²) in [6, 6.07) is 25.4. The summed E-state index contributed by atoms with van der Waals surface area (Å²) in [6.45, 7) is 3.85. The van der Waals surface area contributed by atoms with Crippen molar-refractivity contribution in [1.82, 2.24) is 19.6 Å². The first-order valence-electron chi connectivity index (χ1n) is 11.8. The summed E-state index contributed by atoms with van der Waals surface area (Å²) in [5.41, 5.74) is 6.26. The van der Waals surface area contributed by atoms with Crippen molar-refractivity contribution < 1.29 is 0 Å². The van der Waals surface area contributed by atoms with Gasteiger partial charge in [-0.25, -0.2) is 9.98 Å². The molecule has 0 aromatic heterocycles.